The molecule has 0 aromatic rings. The van der Waals surface area contributed by atoms with Crippen molar-refractivity contribution in [3.8, 4) is 0 Å². The summed E-state index contributed by atoms with van der Waals surface area (Å²) in [5.74, 6) is 0.330. The van der Waals surface area contributed by atoms with Crippen LogP contribution in [0.25, 0.3) is 0 Å². The van der Waals surface area contributed by atoms with Crippen molar-refractivity contribution in [3.63, 3.8) is 0 Å². The van der Waals surface area contributed by atoms with E-state index in [9.17, 15) is 4.79 Å². The van der Waals surface area contributed by atoms with Crippen molar-refractivity contribution in [2.45, 2.75) is 38.0 Å². The molecule has 0 unspecified atom stereocenters. The number of likely N-dealkylation sites (tertiary alicyclic amines) is 1. The van der Waals surface area contributed by atoms with E-state index in [0.717, 1.165) is 32.5 Å². The normalized spacial score (nSPS) is 31.2. The monoisotopic (exact) mass is 314 g/mol. The van der Waals surface area contributed by atoms with Crippen molar-refractivity contribution in [2.24, 2.45) is 5.92 Å². The lowest BCUT2D eigenvalue weighted by Gasteiger charge is -2.42. The number of rotatable bonds is 5. The van der Waals surface area contributed by atoms with E-state index in [0.29, 0.717) is 13.2 Å². The molecule has 1 amide bonds. The molecule has 2 heterocycles. The number of carbonyl (C=O) groups is 1. The van der Waals surface area contributed by atoms with Crippen molar-refractivity contribution in [1.82, 2.24) is 9.80 Å². The minimum atomic E-state index is -0.136. The minimum Gasteiger partial charge on any atom is -0.376 e. The van der Waals surface area contributed by atoms with Crippen LogP contribution in [0.4, 0.5) is 0 Å². The zero-order chi connectivity index (χ0) is 16.1. The average Bonchev–Trinajstić information content (AvgIpc) is 2.59. The first-order valence-electron chi connectivity index (χ1n) is 8.24. The second kappa shape index (κ2) is 8.24. The molecule has 0 aliphatic carbocycles. The molecule has 2 aliphatic rings. The third kappa shape index (κ3) is 3.79. The number of hydrogen-bond donors (Lipinski definition) is 0. The van der Waals surface area contributed by atoms with Gasteiger partial charge in [0.1, 0.15) is 12.2 Å². The van der Waals surface area contributed by atoms with Crippen LogP contribution in [0.2, 0.25) is 0 Å². The Labute approximate surface area is 133 Å². The highest BCUT2D eigenvalue weighted by atomic mass is 16.6. The third-order valence-electron chi connectivity index (χ3n) is 5.12. The van der Waals surface area contributed by atoms with Crippen LogP contribution in [0.5, 0.6) is 0 Å². The molecule has 0 aromatic heterocycles. The Bertz CT molecular complexity index is 358. The van der Waals surface area contributed by atoms with E-state index < -0.39 is 0 Å². The summed E-state index contributed by atoms with van der Waals surface area (Å²) < 4.78 is 16.6. The first-order chi connectivity index (χ1) is 10.6. The number of carbonyl (C=O) groups excluding carboxylic acids is 1. The molecule has 2 aliphatic heterocycles. The van der Waals surface area contributed by atoms with E-state index >= 15 is 0 Å². The zero-order valence-corrected chi connectivity index (χ0v) is 14.3. The van der Waals surface area contributed by atoms with Crippen molar-refractivity contribution >= 4 is 5.91 Å². The van der Waals surface area contributed by atoms with Crippen LogP contribution < -0.4 is 0 Å². The molecule has 2 fully saturated rings. The quantitative estimate of drug-likeness (QED) is 0.744. The van der Waals surface area contributed by atoms with E-state index in [1.165, 1.54) is 0 Å². The first kappa shape index (κ1) is 17.7. The summed E-state index contributed by atoms with van der Waals surface area (Å²) in [5, 5.41) is 0. The molecule has 2 rings (SSSR count). The first-order valence-corrected chi connectivity index (χ1v) is 8.24. The molecule has 128 valence electrons. The smallest absolute Gasteiger partial charge is 0.225 e. The van der Waals surface area contributed by atoms with Gasteiger partial charge in [-0.25, -0.2) is 0 Å². The van der Waals surface area contributed by atoms with Gasteiger partial charge in [0.15, 0.2) is 0 Å². The lowest BCUT2D eigenvalue weighted by Crippen LogP contribution is -2.58. The van der Waals surface area contributed by atoms with Crippen molar-refractivity contribution < 1.29 is 19.0 Å². The maximum Gasteiger partial charge on any atom is 0.225 e. The molecule has 0 radical (unpaired) electrons. The Morgan fingerprint density at radius 2 is 1.91 bits per heavy atom. The van der Waals surface area contributed by atoms with Gasteiger partial charge in [-0.1, -0.05) is 6.92 Å². The summed E-state index contributed by atoms with van der Waals surface area (Å²) in [4.78, 5) is 17.0. The summed E-state index contributed by atoms with van der Waals surface area (Å²) >= 11 is 0. The van der Waals surface area contributed by atoms with Crippen molar-refractivity contribution in [1.29, 1.82) is 0 Å². The van der Waals surface area contributed by atoms with Gasteiger partial charge in [-0.2, -0.15) is 0 Å². The summed E-state index contributed by atoms with van der Waals surface area (Å²) in [5.41, 5.74) is 0. The highest BCUT2D eigenvalue weighted by Gasteiger charge is 2.40. The SMILES string of the molecule is CCN1CCC(C(=O)N(C)[C@@H]2COC[C@@H](OC)[C@H]2OC)CC1. The second-order valence-electron chi connectivity index (χ2n) is 6.24. The third-order valence-corrected chi connectivity index (χ3v) is 5.12. The fourth-order valence-corrected chi connectivity index (χ4v) is 3.53. The van der Waals surface area contributed by atoms with Gasteiger partial charge in [-0.05, 0) is 32.5 Å². The van der Waals surface area contributed by atoms with E-state index in [2.05, 4.69) is 11.8 Å². The van der Waals surface area contributed by atoms with Crippen LogP contribution >= 0.6 is 0 Å². The molecular formula is C16H30N2O4. The minimum absolute atomic E-state index is 0.0830. The number of piperidine rings is 1. The lowest BCUT2D eigenvalue weighted by atomic mass is 9.93. The van der Waals surface area contributed by atoms with E-state index in [1.54, 1.807) is 14.2 Å². The van der Waals surface area contributed by atoms with Gasteiger partial charge in [0, 0.05) is 27.2 Å². The van der Waals surface area contributed by atoms with E-state index in [-0.39, 0.29) is 30.1 Å². The van der Waals surface area contributed by atoms with Crippen LogP contribution in [0.15, 0.2) is 0 Å². The molecule has 22 heavy (non-hydrogen) atoms. The maximum atomic E-state index is 12.8. The van der Waals surface area contributed by atoms with Crippen molar-refractivity contribution in [3.05, 3.63) is 0 Å². The average molecular weight is 314 g/mol. The second-order valence-corrected chi connectivity index (χ2v) is 6.24. The molecule has 0 bridgehead atoms. The fourth-order valence-electron chi connectivity index (χ4n) is 3.53. The summed E-state index contributed by atoms with van der Waals surface area (Å²) in [6.07, 6.45) is 1.62. The van der Waals surface area contributed by atoms with Crippen LogP contribution in [-0.4, -0.2) is 88.1 Å². The zero-order valence-electron chi connectivity index (χ0n) is 14.3. The number of hydrogen-bond acceptors (Lipinski definition) is 5. The Balaban J connectivity index is 1.97. The summed E-state index contributed by atoms with van der Waals surface area (Å²) in [7, 11) is 5.20. The molecule has 0 saturated carbocycles. The Morgan fingerprint density at radius 1 is 1.23 bits per heavy atom. The highest BCUT2D eigenvalue weighted by molar-refractivity contribution is 5.79. The molecule has 2 saturated heterocycles. The van der Waals surface area contributed by atoms with Gasteiger partial charge in [-0.15, -0.1) is 0 Å². The molecule has 0 N–H and O–H groups in total. The topological polar surface area (TPSA) is 51.2 Å². The van der Waals surface area contributed by atoms with Gasteiger partial charge in [0.2, 0.25) is 5.91 Å². The van der Waals surface area contributed by atoms with Crippen LogP contribution in [0, 0.1) is 5.92 Å². The Hall–Kier alpha value is -0.690. The Kier molecular flexibility index (Phi) is 6.62. The number of nitrogens with zero attached hydrogens (tertiary/aromatic N) is 2. The number of ether oxygens (including phenoxy) is 3. The molecular weight excluding hydrogens is 284 g/mol. The van der Waals surface area contributed by atoms with Crippen LogP contribution in [-0.2, 0) is 19.0 Å². The maximum absolute atomic E-state index is 12.8. The summed E-state index contributed by atoms with van der Waals surface area (Å²) in [6, 6.07) is -0.0830. The number of methoxy groups -OCH3 is 2. The molecule has 6 nitrogen and oxygen atoms in total. The predicted octanol–water partition coefficient (Wildman–Crippen LogP) is 0.606. The number of amides is 1. The van der Waals surface area contributed by atoms with Gasteiger partial charge in [-0.3, -0.25) is 4.79 Å². The predicted molar refractivity (Wildman–Crippen MR) is 83.8 cm³/mol. The lowest BCUT2D eigenvalue weighted by molar-refractivity contribution is -0.167. The van der Waals surface area contributed by atoms with Crippen LogP contribution in [0.3, 0.4) is 0 Å². The van der Waals surface area contributed by atoms with Crippen molar-refractivity contribution in [2.75, 3.05) is 54.1 Å². The van der Waals surface area contributed by atoms with Gasteiger partial charge in [0.25, 0.3) is 0 Å². The van der Waals surface area contributed by atoms with Gasteiger partial charge in [0.05, 0.1) is 19.3 Å². The molecule has 6 heteroatoms. The highest BCUT2D eigenvalue weighted by Crippen LogP contribution is 2.24. The molecule has 3 atom stereocenters. The standard InChI is InChI=1S/C16H30N2O4/c1-5-18-8-6-12(7-9-18)16(19)17(2)13-10-22-11-14(20-3)15(13)21-4/h12-15H,5-11H2,1-4H3/t13-,14-,15+/m1/s1. The van der Waals surface area contributed by atoms with Gasteiger partial charge >= 0.3 is 0 Å². The largest absolute Gasteiger partial charge is 0.376 e. The summed E-state index contributed by atoms with van der Waals surface area (Å²) in [6.45, 7) is 6.28. The van der Waals surface area contributed by atoms with E-state index in [1.807, 2.05) is 11.9 Å². The molecule has 0 spiro atoms. The van der Waals surface area contributed by atoms with E-state index in [4.69, 9.17) is 14.2 Å². The fraction of sp³-hybridized carbons (Fsp3) is 0.938. The number of likely N-dealkylation sites (N-methyl/N-ethyl adjacent to an activating group) is 1. The van der Waals surface area contributed by atoms with Gasteiger partial charge < -0.3 is 24.0 Å². The van der Waals surface area contributed by atoms with Crippen LogP contribution in [0.1, 0.15) is 19.8 Å². The molecule has 0 aromatic carbocycles. The Morgan fingerprint density at radius 3 is 2.45 bits per heavy atom.